The van der Waals surface area contributed by atoms with Crippen LogP contribution < -0.4 is 10.6 Å². The molecule has 0 spiro atoms. The van der Waals surface area contributed by atoms with Crippen molar-refractivity contribution >= 4 is 29.1 Å². The molecule has 0 unspecified atom stereocenters. The molecule has 0 bridgehead atoms. The van der Waals surface area contributed by atoms with E-state index in [1.807, 2.05) is 18.2 Å². The van der Waals surface area contributed by atoms with Crippen LogP contribution in [0.3, 0.4) is 0 Å². The molecule has 0 aliphatic heterocycles. The van der Waals surface area contributed by atoms with Crippen LogP contribution in [0.5, 0.6) is 0 Å². The van der Waals surface area contributed by atoms with Crippen LogP contribution in [0.1, 0.15) is 19.1 Å². The van der Waals surface area contributed by atoms with Crippen LogP contribution in [0.4, 0.5) is 0 Å². The smallest absolute Gasteiger partial charge is 0.216 e. The minimum absolute atomic E-state index is 0.00250. The molecule has 2 rings (SSSR count). The Hall–Kier alpha value is -1.49. The van der Waals surface area contributed by atoms with Gasteiger partial charge in [0.15, 0.2) is 0 Å². The molecule has 1 heterocycles. The molecule has 0 atom stereocenters. The first-order valence-corrected chi connectivity index (χ1v) is 7.81. The Labute approximate surface area is 139 Å². The second-order valence-electron chi connectivity index (χ2n) is 4.91. The van der Waals surface area contributed by atoms with E-state index in [4.69, 9.17) is 27.6 Å². The molecule has 0 aliphatic carbocycles. The summed E-state index contributed by atoms with van der Waals surface area (Å²) in [5, 5.41) is 7.06. The first-order chi connectivity index (χ1) is 10.6. The maximum absolute atomic E-state index is 10.7. The minimum atomic E-state index is -0.00250. The van der Waals surface area contributed by atoms with Crippen molar-refractivity contribution in [2.24, 2.45) is 0 Å². The van der Waals surface area contributed by atoms with Gasteiger partial charge in [-0.1, -0.05) is 23.2 Å². The number of hydrogen-bond acceptors (Lipinski definition) is 3. The molecule has 0 aliphatic rings. The van der Waals surface area contributed by atoms with Crippen LogP contribution in [0.15, 0.2) is 34.7 Å². The fourth-order valence-corrected chi connectivity index (χ4v) is 2.26. The summed E-state index contributed by atoms with van der Waals surface area (Å²) in [5.74, 6) is 1.60. The molecule has 0 saturated carbocycles. The average molecular weight is 341 g/mol. The molecule has 4 nitrogen and oxygen atoms in total. The number of carbonyl (C=O) groups is 1. The maximum Gasteiger partial charge on any atom is 0.216 e. The van der Waals surface area contributed by atoms with Gasteiger partial charge in [0, 0.05) is 19.0 Å². The number of carbonyl (C=O) groups excluding carboxylic acids is 1. The number of nitrogens with one attached hydrogen (secondary N) is 2. The zero-order valence-electron chi connectivity index (χ0n) is 12.3. The second-order valence-corrected chi connectivity index (χ2v) is 5.72. The van der Waals surface area contributed by atoms with Gasteiger partial charge >= 0.3 is 0 Å². The van der Waals surface area contributed by atoms with Gasteiger partial charge in [0.1, 0.15) is 11.5 Å². The van der Waals surface area contributed by atoms with E-state index in [0.29, 0.717) is 23.1 Å². The SMILES string of the molecule is CC(=O)NCCCNCc1ccc(-c2ccc(Cl)c(Cl)c2)o1. The molecule has 1 aromatic carbocycles. The molecule has 2 N–H and O–H groups in total. The molecular formula is C16H18Cl2N2O2. The monoisotopic (exact) mass is 340 g/mol. The van der Waals surface area contributed by atoms with Crippen LogP contribution in [0.25, 0.3) is 11.3 Å². The van der Waals surface area contributed by atoms with Crippen molar-refractivity contribution in [3.63, 3.8) is 0 Å². The molecular weight excluding hydrogens is 323 g/mol. The van der Waals surface area contributed by atoms with E-state index in [1.165, 1.54) is 6.92 Å². The Bertz CT molecular complexity index is 641. The van der Waals surface area contributed by atoms with E-state index >= 15 is 0 Å². The summed E-state index contributed by atoms with van der Waals surface area (Å²) in [4.78, 5) is 10.7. The fraction of sp³-hybridized carbons (Fsp3) is 0.312. The molecule has 0 saturated heterocycles. The summed E-state index contributed by atoms with van der Waals surface area (Å²) in [6.07, 6.45) is 0.875. The zero-order valence-corrected chi connectivity index (χ0v) is 13.8. The normalized spacial score (nSPS) is 10.7. The van der Waals surface area contributed by atoms with Gasteiger partial charge in [-0.25, -0.2) is 0 Å². The number of rotatable bonds is 7. The van der Waals surface area contributed by atoms with Crippen LogP contribution in [-0.2, 0) is 11.3 Å². The van der Waals surface area contributed by atoms with E-state index < -0.39 is 0 Å². The van der Waals surface area contributed by atoms with Crippen molar-refractivity contribution in [2.45, 2.75) is 19.9 Å². The summed E-state index contributed by atoms with van der Waals surface area (Å²) in [6.45, 7) is 3.64. The van der Waals surface area contributed by atoms with Crippen molar-refractivity contribution in [3.05, 3.63) is 46.1 Å². The Kier molecular flexibility index (Phi) is 6.31. The molecule has 6 heteroatoms. The lowest BCUT2D eigenvalue weighted by atomic mass is 10.2. The third kappa shape index (κ3) is 5.05. The van der Waals surface area contributed by atoms with Gasteiger partial charge in [-0.2, -0.15) is 0 Å². The van der Waals surface area contributed by atoms with Crippen LogP contribution in [0.2, 0.25) is 10.0 Å². The Morgan fingerprint density at radius 2 is 1.95 bits per heavy atom. The largest absolute Gasteiger partial charge is 0.460 e. The van der Waals surface area contributed by atoms with Crippen molar-refractivity contribution < 1.29 is 9.21 Å². The van der Waals surface area contributed by atoms with Crippen LogP contribution >= 0.6 is 23.2 Å². The van der Waals surface area contributed by atoms with Crippen molar-refractivity contribution in [3.8, 4) is 11.3 Å². The number of halogens is 2. The van der Waals surface area contributed by atoms with Gasteiger partial charge < -0.3 is 15.1 Å². The van der Waals surface area contributed by atoms with Crippen LogP contribution in [-0.4, -0.2) is 19.0 Å². The standard InChI is InChI=1S/C16H18Cl2N2O2/c1-11(21)20-8-2-7-19-10-13-4-6-16(22-13)12-3-5-14(17)15(18)9-12/h3-6,9,19H,2,7-8,10H2,1H3,(H,20,21). The van der Waals surface area contributed by atoms with E-state index in [0.717, 1.165) is 30.0 Å². The number of benzene rings is 1. The summed E-state index contributed by atoms with van der Waals surface area (Å²) < 4.78 is 5.78. The van der Waals surface area contributed by atoms with Gasteiger partial charge in [-0.05, 0) is 43.3 Å². The highest BCUT2D eigenvalue weighted by molar-refractivity contribution is 6.42. The number of furan rings is 1. The Morgan fingerprint density at radius 1 is 1.14 bits per heavy atom. The summed E-state index contributed by atoms with van der Waals surface area (Å²) >= 11 is 11.9. The van der Waals surface area contributed by atoms with Crippen molar-refractivity contribution in [2.75, 3.05) is 13.1 Å². The Morgan fingerprint density at radius 3 is 2.68 bits per heavy atom. The minimum Gasteiger partial charge on any atom is -0.460 e. The average Bonchev–Trinajstić information content (AvgIpc) is 2.94. The molecule has 118 valence electrons. The molecule has 0 fully saturated rings. The van der Waals surface area contributed by atoms with Gasteiger partial charge in [-0.15, -0.1) is 0 Å². The van der Waals surface area contributed by atoms with Gasteiger partial charge in [0.05, 0.1) is 16.6 Å². The first kappa shape index (κ1) is 16.9. The maximum atomic E-state index is 10.7. The third-order valence-electron chi connectivity index (χ3n) is 3.07. The lowest BCUT2D eigenvalue weighted by Crippen LogP contribution is -2.24. The van der Waals surface area contributed by atoms with E-state index in [9.17, 15) is 4.79 Å². The fourth-order valence-electron chi connectivity index (χ4n) is 1.97. The first-order valence-electron chi connectivity index (χ1n) is 7.05. The summed E-state index contributed by atoms with van der Waals surface area (Å²) in [6, 6.07) is 9.25. The predicted molar refractivity (Wildman–Crippen MR) is 89.2 cm³/mol. The molecule has 1 aromatic heterocycles. The van der Waals surface area contributed by atoms with Gasteiger partial charge in [0.25, 0.3) is 0 Å². The van der Waals surface area contributed by atoms with E-state index in [2.05, 4.69) is 10.6 Å². The number of amides is 1. The van der Waals surface area contributed by atoms with Crippen molar-refractivity contribution in [1.29, 1.82) is 0 Å². The van der Waals surface area contributed by atoms with Gasteiger partial charge in [0.2, 0.25) is 5.91 Å². The Balaban J connectivity index is 1.81. The lowest BCUT2D eigenvalue weighted by molar-refractivity contribution is -0.118. The van der Waals surface area contributed by atoms with E-state index in [1.54, 1.807) is 12.1 Å². The number of hydrogen-bond donors (Lipinski definition) is 2. The quantitative estimate of drug-likeness (QED) is 0.752. The highest BCUT2D eigenvalue weighted by Crippen LogP contribution is 2.29. The van der Waals surface area contributed by atoms with Crippen LogP contribution in [0, 0.1) is 0 Å². The predicted octanol–water partition coefficient (Wildman–Crippen LogP) is 3.87. The molecule has 1 amide bonds. The lowest BCUT2D eigenvalue weighted by Gasteiger charge is -2.04. The third-order valence-corrected chi connectivity index (χ3v) is 3.81. The van der Waals surface area contributed by atoms with Gasteiger partial charge in [-0.3, -0.25) is 4.79 Å². The highest BCUT2D eigenvalue weighted by atomic mass is 35.5. The molecule has 2 aromatic rings. The molecule has 22 heavy (non-hydrogen) atoms. The molecule has 0 radical (unpaired) electrons. The zero-order chi connectivity index (χ0) is 15.9. The van der Waals surface area contributed by atoms with Crippen molar-refractivity contribution in [1.82, 2.24) is 10.6 Å². The highest BCUT2D eigenvalue weighted by Gasteiger charge is 2.07. The topological polar surface area (TPSA) is 54.3 Å². The van der Waals surface area contributed by atoms with E-state index in [-0.39, 0.29) is 5.91 Å². The summed E-state index contributed by atoms with van der Waals surface area (Å²) in [5.41, 5.74) is 0.895. The summed E-state index contributed by atoms with van der Waals surface area (Å²) in [7, 11) is 0. The second kappa shape index (κ2) is 8.22.